The van der Waals surface area contributed by atoms with Gasteiger partial charge in [0.05, 0.1) is 10.2 Å². The molecule has 7 heteroatoms. The van der Waals surface area contributed by atoms with E-state index in [4.69, 9.17) is 25.8 Å². The number of carbonyl (C=O) groups is 1. The Morgan fingerprint density at radius 2 is 2.00 bits per heavy atom. The maximum Gasteiger partial charge on any atom is 0.363 e. The average molecular weight is 524 g/mol. The molecule has 0 spiro atoms. The Morgan fingerprint density at radius 3 is 2.66 bits per heavy atom. The van der Waals surface area contributed by atoms with E-state index in [1.165, 1.54) is 0 Å². The summed E-state index contributed by atoms with van der Waals surface area (Å²) in [5, 5.41) is 0.599. The molecule has 0 atom stereocenters. The molecule has 0 aromatic heterocycles. The molecule has 1 heterocycles. The molecule has 0 N–H and O–H groups in total. The molecule has 3 rings (SSSR count). The Labute approximate surface area is 188 Å². The van der Waals surface area contributed by atoms with Crippen LogP contribution in [0.4, 0.5) is 0 Å². The second-order valence-electron chi connectivity index (χ2n) is 6.35. The van der Waals surface area contributed by atoms with Crippen LogP contribution in [0.15, 0.2) is 59.2 Å². The van der Waals surface area contributed by atoms with Gasteiger partial charge in [0.1, 0.15) is 6.61 Å². The van der Waals surface area contributed by atoms with Gasteiger partial charge in [-0.25, -0.2) is 9.79 Å². The van der Waals surface area contributed by atoms with E-state index in [-0.39, 0.29) is 11.6 Å². The number of hydrogen-bond acceptors (Lipinski definition) is 5. The van der Waals surface area contributed by atoms with Crippen molar-refractivity contribution in [2.45, 2.75) is 13.8 Å². The molecule has 1 aliphatic heterocycles. The molecule has 29 heavy (non-hydrogen) atoms. The molecule has 0 saturated carbocycles. The zero-order chi connectivity index (χ0) is 21.0. The lowest BCUT2D eigenvalue weighted by atomic mass is 10.1. The number of hydrogen-bond donors (Lipinski definition) is 0. The van der Waals surface area contributed by atoms with E-state index >= 15 is 0 Å². The molecule has 5 nitrogen and oxygen atoms in total. The number of rotatable bonds is 7. The highest BCUT2D eigenvalue weighted by Gasteiger charge is 2.24. The second kappa shape index (κ2) is 9.45. The lowest BCUT2D eigenvalue weighted by molar-refractivity contribution is -0.129. The first-order chi connectivity index (χ1) is 13.9. The van der Waals surface area contributed by atoms with E-state index in [0.717, 1.165) is 14.7 Å². The standard InChI is InChI=1S/C22H19ClINO4/c1-4-27-19-11-14(9-17(24)20(19)28-12-13(2)3)10-18-22(26)29-21(25-18)15-5-7-16(23)8-6-15/h5-11H,2,4,12H2,1,3H3. The van der Waals surface area contributed by atoms with E-state index < -0.39 is 5.97 Å². The monoisotopic (exact) mass is 523 g/mol. The molecule has 0 aliphatic carbocycles. The van der Waals surface area contributed by atoms with Crippen LogP contribution in [0.3, 0.4) is 0 Å². The third-order valence-electron chi connectivity index (χ3n) is 3.81. The lowest BCUT2D eigenvalue weighted by Gasteiger charge is -2.14. The number of benzene rings is 2. The topological polar surface area (TPSA) is 57.1 Å². The first-order valence-electron chi connectivity index (χ1n) is 8.89. The van der Waals surface area contributed by atoms with Crippen LogP contribution >= 0.6 is 34.2 Å². The third-order valence-corrected chi connectivity index (χ3v) is 4.86. The predicted octanol–water partition coefficient (Wildman–Crippen LogP) is 5.64. The van der Waals surface area contributed by atoms with Crippen molar-refractivity contribution < 1.29 is 19.0 Å². The molecule has 0 saturated heterocycles. The first kappa shape index (κ1) is 21.4. The van der Waals surface area contributed by atoms with Gasteiger partial charge in [-0.05, 0) is 90.0 Å². The van der Waals surface area contributed by atoms with E-state index in [2.05, 4.69) is 34.2 Å². The van der Waals surface area contributed by atoms with Crippen LogP contribution in [-0.2, 0) is 9.53 Å². The number of cyclic esters (lactones) is 1. The van der Waals surface area contributed by atoms with Gasteiger partial charge in [0.15, 0.2) is 17.2 Å². The summed E-state index contributed by atoms with van der Waals surface area (Å²) in [6, 6.07) is 10.6. The van der Waals surface area contributed by atoms with E-state index in [1.807, 2.05) is 26.0 Å². The second-order valence-corrected chi connectivity index (χ2v) is 7.95. The van der Waals surface area contributed by atoms with Crippen molar-refractivity contribution >= 4 is 52.1 Å². The van der Waals surface area contributed by atoms with Gasteiger partial charge in [-0.15, -0.1) is 0 Å². The Kier molecular flexibility index (Phi) is 6.97. The SMILES string of the molecule is C=C(C)COc1c(I)cc(C=C2N=C(c3ccc(Cl)cc3)OC2=O)cc1OCC. The van der Waals surface area contributed by atoms with E-state index in [0.29, 0.717) is 35.3 Å². The van der Waals surface area contributed by atoms with Crippen molar-refractivity contribution in [3.8, 4) is 11.5 Å². The van der Waals surface area contributed by atoms with Crippen LogP contribution < -0.4 is 9.47 Å². The van der Waals surface area contributed by atoms with Crippen molar-refractivity contribution in [1.29, 1.82) is 0 Å². The Hall–Kier alpha value is -2.32. The zero-order valence-electron chi connectivity index (χ0n) is 16.0. The number of carbonyl (C=O) groups excluding carboxylic acids is 1. The molecular weight excluding hydrogens is 505 g/mol. The maximum atomic E-state index is 12.3. The molecule has 150 valence electrons. The highest BCUT2D eigenvalue weighted by atomic mass is 127. The quantitative estimate of drug-likeness (QED) is 0.204. The summed E-state index contributed by atoms with van der Waals surface area (Å²) < 4.78 is 17.7. The fourth-order valence-corrected chi connectivity index (χ4v) is 3.46. The number of aliphatic imine (C=N–C) groups is 1. The minimum absolute atomic E-state index is 0.212. The summed E-state index contributed by atoms with van der Waals surface area (Å²) in [5.41, 5.74) is 2.56. The van der Waals surface area contributed by atoms with E-state index in [1.54, 1.807) is 30.3 Å². The van der Waals surface area contributed by atoms with Gasteiger partial charge >= 0.3 is 5.97 Å². The van der Waals surface area contributed by atoms with Crippen molar-refractivity contribution in [2.24, 2.45) is 4.99 Å². The first-order valence-corrected chi connectivity index (χ1v) is 10.3. The fourth-order valence-electron chi connectivity index (χ4n) is 2.55. The average Bonchev–Trinajstić information content (AvgIpc) is 3.02. The molecular formula is C22H19ClINO4. The predicted molar refractivity (Wildman–Crippen MR) is 123 cm³/mol. The van der Waals surface area contributed by atoms with E-state index in [9.17, 15) is 4.79 Å². The van der Waals surface area contributed by atoms with Gasteiger partial charge in [-0.1, -0.05) is 18.2 Å². The van der Waals surface area contributed by atoms with Crippen molar-refractivity contribution in [3.05, 3.63) is 74.0 Å². The summed E-state index contributed by atoms with van der Waals surface area (Å²) in [7, 11) is 0. The normalized spacial score (nSPS) is 14.6. The molecule has 1 aliphatic rings. The minimum atomic E-state index is -0.509. The van der Waals surface area contributed by atoms with Gasteiger partial charge in [0, 0.05) is 10.6 Å². The molecule has 0 fully saturated rings. The summed E-state index contributed by atoms with van der Waals surface area (Å²) in [5.74, 6) is 0.988. The number of nitrogens with zero attached hydrogens (tertiary/aromatic N) is 1. The van der Waals surface area contributed by atoms with Crippen molar-refractivity contribution in [2.75, 3.05) is 13.2 Å². The highest BCUT2D eigenvalue weighted by molar-refractivity contribution is 14.1. The smallest absolute Gasteiger partial charge is 0.363 e. The van der Waals surface area contributed by atoms with Gasteiger partial charge in [0.25, 0.3) is 0 Å². The van der Waals surface area contributed by atoms with Crippen LogP contribution in [0, 0.1) is 3.57 Å². The zero-order valence-corrected chi connectivity index (χ0v) is 18.9. The highest BCUT2D eigenvalue weighted by Crippen LogP contribution is 2.35. The van der Waals surface area contributed by atoms with Gasteiger partial charge in [0.2, 0.25) is 5.90 Å². The minimum Gasteiger partial charge on any atom is -0.490 e. The molecule has 0 amide bonds. The summed E-state index contributed by atoms with van der Waals surface area (Å²) in [6.07, 6.45) is 1.67. The largest absolute Gasteiger partial charge is 0.490 e. The Morgan fingerprint density at radius 1 is 1.28 bits per heavy atom. The van der Waals surface area contributed by atoms with Crippen molar-refractivity contribution in [1.82, 2.24) is 0 Å². The van der Waals surface area contributed by atoms with Crippen LogP contribution in [0.1, 0.15) is 25.0 Å². The number of halogens is 2. The van der Waals surface area contributed by atoms with Gasteiger partial charge < -0.3 is 14.2 Å². The lowest BCUT2D eigenvalue weighted by Crippen LogP contribution is -2.05. The third kappa shape index (κ3) is 5.39. The summed E-state index contributed by atoms with van der Waals surface area (Å²) in [4.78, 5) is 16.6. The molecule has 0 bridgehead atoms. The Balaban J connectivity index is 1.93. The van der Waals surface area contributed by atoms with Gasteiger partial charge in [-0.3, -0.25) is 0 Å². The van der Waals surface area contributed by atoms with Crippen LogP contribution in [-0.4, -0.2) is 25.1 Å². The molecule has 0 unspecified atom stereocenters. The molecule has 2 aromatic rings. The Bertz CT molecular complexity index is 1010. The summed E-state index contributed by atoms with van der Waals surface area (Å²) >= 11 is 8.08. The fraction of sp³-hybridized carbons (Fsp3) is 0.182. The van der Waals surface area contributed by atoms with Crippen LogP contribution in [0.25, 0.3) is 6.08 Å². The number of ether oxygens (including phenoxy) is 3. The number of esters is 1. The maximum absolute atomic E-state index is 12.3. The molecule has 2 aromatic carbocycles. The van der Waals surface area contributed by atoms with Crippen molar-refractivity contribution in [3.63, 3.8) is 0 Å². The summed E-state index contributed by atoms with van der Waals surface area (Å²) in [6.45, 7) is 8.54. The van der Waals surface area contributed by atoms with Gasteiger partial charge in [-0.2, -0.15) is 0 Å². The molecule has 0 radical (unpaired) electrons. The van der Waals surface area contributed by atoms with Crippen LogP contribution in [0.2, 0.25) is 5.02 Å². The van der Waals surface area contributed by atoms with Crippen LogP contribution in [0.5, 0.6) is 11.5 Å².